The number of pyridine rings is 2. The van der Waals surface area contributed by atoms with Gasteiger partial charge in [0.05, 0.1) is 23.2 Å². The third-order valence-electron chi connectivity index (χ3n) is 5.45. The molecule has 0 aliphatic carbocycles. The lowest BCUT2D eigenvalue weighted by atomic mass is 9.98. The molecule has 0 aromatic carbocycles. The molecule has 172 valence electrons. The number of halogens is 3. The maximum atomic E-state index is 13.4. The summed E-state index contributed by atoms with van der Waals surface area (Å²) in [6.45, 7) is 4.70. The monoisotopic (exact) mass is 457 g/mol. The molecular weight excluding hydrogens is 435 g/mol. The van der Waals surface area contributed by atoms with E-state index in [9.17, 15) is 18.3 Å². The van der Waals surface area contributed by atoms with E-state index in [1.165, 1.54) is 30.0 Å². The van der Waals surface area contributed by atoms with E-state index < -0.39 is 17.5 Å². The second-order valence-corrected chi connectivity index (χ2v) is 7.59. The summed E-state index contributed by atoms with van der Waals surface area (Å²) in [7, 11) is 1.49. The van der Waals surface area contributed by atoms with Gasteiger partial charge in [-0.2, -0.15) is 13.2 Å². The molecule has 4 rings (SSSR count). The van der Waals surface area contributed by atoms with Gasteiger partial charge < -0.3 is 16.2 Å². The molecule has 3 aromatic heterocycles. The number of alkyl halides is 3. The molecular formula is C22H22F3N7O. The van der Waals surface area contributed by atoms with Crippen molar-refractivity contribution in [2.45, 2.75) is 18.2 Å². The fourth-order valence-electron chi connectivity index (χ4n) is 3.74. The molecule has 0 spiro atoms. The summed E-state index contributed by atoms with van der Waals surface area (Å²) in [5, 5.41) is 13.9. The highest BCUT2D eigenvalue weighted by Gasteiger charge is 2.35. The van der Waals surface area contributed by atoms with Crippen molar-refractivity contribution < 1.29 is 18.3 Å². The van der Waals surface area contributed by atoms with E-state index in [-0.39, 0.29) is 22.8 Å². The molecule has 1 aliphatic heterocycles. The van der Waals surface area contributed by atoms with E-state index in [2.05, 4.69) is 31.8 Å². The summed E-state index contributed by atoms with van der Waals surface area (Å²) in [6.07, 6.45) is 0.386. The summed E-state index contributed by atoms with van der Waals surface area (Å²) in [5.41, 5.74) is 5.34. The van der Waals surface area contributed by atoms with Crippen LogP contribution in [-0.4, -0.2) is 50.6 Å². The van der Waals surface area contributed by atoms with Crippen molar-refractivity contribution in [3.05, 3.63) is 66.4 Å². The molecule has 1 atom stereocenters. The minimum Gasteiger partial charge on any atom is -0.383 e. The predicted molar refractivity (Wildman–Crippen MR) is 119 cm³/mol. The third-order valence-corrected chi connectivity index (χ3v) is 5.45. The van der Waals surface area contributed by atoms with Crippen molar-refractivity contribution in [3.8, 4) is 5.69 Å². The highest BCUT2D eigenvalue weighted by molar-refractivity contribution is 6.21. The van der Waals surface area contributed by atoms with Crippen molar-refractivity contribution in [3.63, 3.8) is 0 Å². The minimum absolute atomic E-state index is 0.0190. The van der Waals surface area contributed by atoms with Crippen LogP contribution >= 0.6 is 0 Å². The summed E-state index contributed by atoms with van der Waals surface area (Å²) in [6, 6.07) is 5.42. The zero-order valence-corrected chi connectivity index (χ0v) is 17.8. The lowest BCUT2D eigenvalue weighted by Gasteiger charge is -2.21. The molecule has 1 saturated heterocycles. The average molecular weight is 457 g/mol. The van der Waals surface area contributed by atoms with Gasteiger partial charge in [-0.3, -0.25) is 14.5 Å². The molecule has 0 bridgehead atoms. The van der Waals surface area contributed by atoms with E-state index >= 15 is 0 Å². The lowest BCUT2D eigenvalue weighted by molar-refractivity contribution is -0.141. The number of nitrogens with two attached hydrogens (primary N) is 1. The molecule has 3 aromatic rings. The molecule has 4 heterocycles. The van der Waals surface area contributed by atoms with E-state index in [0.29, 0.717) is 36.5 Å². The molecule has 11 heteroatoms. The van der Waals surface area contributed by atoms with Crippen LogP contribution in [0.2, 0.25) is 0 Å². The van der Waals surface area contributed by atoms with Crippen LogP contribution in [0.25, 0.3) is 22.4 Å². The second kappa shape index (κ2) is 8.41. The normalized spacial score (nSPS) is 19.9. The summed E-state index contributed by atoms with van der Waals surface area (Å²) in [5.74, 6) is 0.356. The number of hydrogen-bond donors (Lipinski definition) is 3. The van der Waals surface area contributed by atoms with Crippen molar-refractivity contribution >= 4 is 22.6 Å². The molecule has 1 unspecified atom stereocenters. The number of rotatable bonds is 5. The smallest absolute Gasteiger partial charge is 0.383 e. The van der Waals surface area contributed by atoms with Gasteiger partial charge in [0.15, 0.2) is 11.5 Å². The molecule has 1 aliphatic rings. The first kappa shape index (κ1) is 22.6. The number of β-amino-alcohol motifs (C(OH)–C–C–N with tert-alkyl or cyclic N) is 1. The van der Waals surface area contributed by atoms with Gasteiger partial charge >= 0.3 is 6.18 Å². The summed E-state index contributed by atoms with van der Waals surface area (Å²) < 4.78 is 41.6. The zero-order valence-electron chi connectivity index (χ0n) is 17.8. The Labute approximate surface area is 187 Å². The number of aliphatic imine (C=N–C) groups is 1. The summed E-state index contributed by atoms with van der Waals surface area (Å²) >= 11 is 0. The molecule has 0 saturated carbocycles. The average Bonchev–Trinajstić information content (AvgIpc) is 3.40. The number of aliphatic hydroxyl groups is 1. The van der Waals surface area contributed by atoms with E-state index in [4.69, 9.17) is 5.73 Å². The standard InChI is InChI=1S/C22H22F3N7O/c1-3-4-14(18(26)27-2)19-30-15-6-8-17(22(23,24)25)31-20(15)32(19)13-5-7-16(29-11-13)21(33)9-10-28-12-21/h3-8,11,28,33H,1,9-10,12H2,2H3,(H2,26,27)/b14-4+. The molecule has 8 nitrogen and oxygen atoms in total. The second-order valence-electron chi connectivity index (χ2n) is 7.59. The Hall–Kier alpha value is -3.57. The van der Waals surface area contributed by atoms with Crippen molar-refractivity contribution in [2.75, 3.05) is 20.1 Å². The van der Waals surface area contributed by atoms with Gasteiger partial charge in [-0.25, -0.2) is 9.97 Å². The number of amidine groups is 1. The molecule has 0 radical (unpaired) electrons. The Bertz CT molecular complexity index is 1250. The van der Waals surface area contributed by atoms with Crippen LogP contribution in [0.3, 0.4) is 0 Å². The summed E-state index contributed by atoms with van der Waals surface area (Å²) in [4.78, 5) is 16.7. The number of nitrogens with zero attached hydrogens (tertiary/aromatic N) is 5. The predicted octanol–water partition coefficient (Wildman–Crippen LogP) is 2.57. The van der Waals surface area contributed by atoms with Crippen LogP contribution < -0.4 is 11.1 Å². The van der Waals surface area contributed by atoms with Gasteiger partial charge in [-0.05, 0) is 43.3 Å². The Morgan fingerprint density at radius 3 is 2.67 bits per heavy atom. The van der Waals surface area contributed by atoms with Crippen LogP contribution in [0.1, 0.15) is 23.6 Å². The highest BCUT2D eigenvalue weighted by Crippen LogP contribution is 2.32. The van der Waals surface area contributed by atoms with Gasteiger partial charge in [0.2, 0.25) is 0 Å². The lowest BCUT2D eigenvalue weighted by Crippen LogP contribution is -2.29. The van der Waals surface area contributed by atoms with Crippen LogP contribution in [-0.2, 0) is 11.8 Å². The highest BCUT2D eigenvalue weighted by atomic mass is 19.4. The van der Waals surface area contributed by atoms with Crippen LogP contribution in [0.5, 0.6) is 0 Å². The van der Waals surface area contributed by atoms with Gasteiger partial charge in [0.25, 0.3) is 0 Å². The fraction of sp³-hybridized carbons (Fsp3) is 0.273. The maximum absolute atomic E-state index is 13.4. The number of hydrogen-bond acceptors (Lipinski definition) is 6. The van der Waals surface area contributed by atoms with Gasteiger partial charge in [0.1, 0.15) is 22.6 Å². The largest absolute Gasteiger partial charge is 0.433 e. The first-order valence-corrected chi connectivity index (χ1v) is 10.1. The Morgan fingerprint density at radius 2 is 2.09 bits per heavy atom. The number of nitrogens with one attached hydrogen (secondary N) is 1. The minimum atomic E-state index is -4.63. The van der Waals surface area contributed by atoms with Gasteiger partial charge in [0, 0.05) is 13.6 Å². The number of aromatic nitrogens is 4. The zero-order chi connectivity index (χ0) is 23.8. The van der Waals surface area contributed by atoms with Crippen molar-refractivity contribution in [2.24, 2.45) is 10.7 Å². The molecule has 0 amide bonds. The third kappa shape index (κ3) is 4.12. The molecule has 1 fully saturated rings. The number of fused-ring (bicyclic) bond motifs is 1. The molecule has 4 N–H and O–H groups in total. The SMILES string of the molecule is C=C/C=C(\C(N)=NC)c1nc2ccc(C(F)(F)F)nc2n1-c1ccc(C2(O)CCNC2)nc1. The van der Waals surface area contributed by atoms with Gasteiger partial charge in [-0.1, -0.05) is 12.7 Å². The fourth-order valence-corrected chi connectivity index (χ4v) is 3.74. The van der Waals surface area contributed by atoms with Crippen LogP contribution in [0.15, 0.2) is 54.2 Å². The van der Waals surface area contributed by atoms with Crippen LogP contribution in [0, 0.1) is 0 Å². The first-order chi connectivity index (χ1) is 15.7. The quantitative estimate of drug-likeness (QED) is 0.308. The number of imidazole rings is 1. The van der Waals surface area contributed by atoms with E-state index in [1.807, 2.05) is 0 Å². The number of allylic oxidation sites excluding steroid dienone is 2. The van der Waals surface area contributed by atoms with E-state index in [0.717, 1.165) is 6.07 Å². The Morgan fingerprint density at radius 1 is 1.30 bits per heavy atom. The maximum Gasteiger partial charge on any atom is 0.433 e. The Kier molecular flexibility index (Phi) is 5.76. The Balaban J connectivity index is 1.95. The van der Waals surface area contributed by atoms with Crippen molar-refractivity contribution in [1.82, 2.24) is 24.8 Å². The van der Waals surface area contributed by atoms with Gasteiger partial charge in [-0.15, -0.1) is 0 Å². The first-order valence-electron chi connectivity index (χ1n) is 10.1. The van der Waals surface area contributed by atoms with E-state index in [1.54, 1.807) is 18.2 Å². The topological polar surface area (TPSA) is 114 Å². The van der Waals surface area contributed by atoms with Crippen LogP contribution in [0.4, 0.5) is 13.2 Å². The van der Waals surface area contributed by atoms with Crippen molar-refractivity contribution in [1.29, 1.82) is 0 Å². The molecule has 33 heavy (non-hydrogen) atoms.